The monoisotopic (exact) mass is 357 g/mol. The molecule has 0 unspecified atom stereocenters. The Labute approximate surface area is 152 Å². The second-order valence-electron chi connectivity index (χ2n) is 7.48. The second kappa shape index (κ2) is 6.13. The Kier molecular flexibility index (Phi) is 4.03. The summed E-state index contributed by atoms with van der Waals surface area (Å²) in [5, 5.41) is 5.67. The maximum absolute atomic E-state index is 13.1. The van der Waals surface area contributed by atoms with Crippen molar-refractivity contribution >= 4 is 17.7 Å². The van der Waals surface area contributed by atoms with Crippen LogP contribution in [0.3, 0.4) is 0 Å². The first-order chi connectivity index (χ1) is 12.5. The summed E-state index contributed by atoms with van der Waals surface area (Å²) in [7, 11) is 1.54. The van der Waals surface area contributed by atoms with E-state index in [1.165, 1.54) is 11.9 Å². The molecule has 3 fully saturated rings. The fourth-order valence-electron chi connectivity index (χ4n) is 5.05. The van der Waals surface area contributed by atoms with E-state index in [0.29, 0.717) is 0 Å². The molecule has 1 spiro atoms. The SMILES string of the molecule is C#CCN1C(=O)[C@@H]2[C@@H](C(=O)NC)[C@H]3C=C[C@@]2(O3)[C@H]1C(=O)NC1CCCC1. The summed E-state index contributed by atoms with van der Waals surface area (Å²) < 4.78 is 6.10. The van der Waals surface area contributed by atoms with Crippen LogP contribution in [-0.4, -0.2) is 60.0 Å². The predicted octanol–water partition coefficient (Wildman–Crippen LogP) is -0.425. The van der Waals surface area contributed by atoms with E-state index in [1.807, 2.05) is 0 Å². The number of hydrogen-bond acceptors (Lipinski definition) is 4. The van der Waals surface area contributed by atoms with Crippen LogP contribution < -0.4 is 10.6 Å². The van der Waals surface area contributed by atoms with Crippen LogP contribution in [-0.2, 0) is 19.1 Å². The van der Waals surface area contributed by atoms with Gasteiger partial charge in [-0.3, -0.25) is 14.4 Å². The van der Waals surface area contributed by atoms with Crippen LogP contribution in [0.25, 0.3) is 0 Å². The number of nitrogens with zero attached hydrogens (tertiary/aromatic N) is 1. The van der Waals surface area contributed by atoms with Crippen molar-refractivity contribution in [3.05, 3.63) is 12.2 Å². The van der Waals surface area contributed by atoms with E-state index in [-0.39, 0.29) is 30.3 Å². The Balaban J connectivity index is 1.69. The van der Waals surface area contributed by atoms with Gasteiger partial charge in [-0.1, -0.05) is 30.9 Å². The lowest BCUT2D eigenvalue weighted by atomic mass is 9.74. The van der Waals surface area contributed by atoms with Crippen molar-refractivity contribution in [1.82, 2.24) is 15.5 Å². The van der Waals surface area contributed by atoms with Crippen molar-refractivity contribution in [1.29, 1.82) is 0 Å². The highest BCUT2D eigenvalue weighted by Crippen LogP contribution is 2.54. The number of carbonyl (C=O) groups excluding carboxylic acids is 3. The molecule has 1 aliphatic carbocycles. The second-order valence-corrected chi connectivity index (χ2v) is 7.48. The first-order valence-corrected chi connectivity index (χ1v) is 9.16. The van der Waals surface area contributed by atoms with Crippen molar-refractivity contribution in [2.75, 3.05) is 13.6 Å². The lowest BCUT2D eigenvalue weighted by Gasteiger charge is -2.32. The number of ether oxygens (including phenoxy) is 1. The maximum atomic E-state index is 13.1. The molecule has 7 heteroatoms. The molecule has 1 saturated carbocycles. The van der Waals surface area contributed by atoms with E-state index in [4.69, 9.17) is 11.2 Å². The molecule has 0 aromatic carbocycles. The quantitative estimate of drug-likeness (QED) is 0.528. The Morgan fingerprint density at radius 1 is 1.38 bits per heavy atom. The van der Waals surface area contributed by atoms with E-state index < -0.39 is 29.6 Å². The minimum absolute atomic E-state index is 0.0160. The Morgan fingerprint density at radius 2 is 2.12 bits per heavy atom. The van der Waals surface area contributed by atoms with Crippen molar-refractivity contribution in [3.8, 4) is 12.3 Å². The highest BCUT2D eigenvalue weighted by atomic mass is 16.5. The lowest BCUT2D eigenvalue weighted by Crippen LogP contribution is -2.56. The van der Waals surface area contributed by atoms with Crippen molar-refractivity contribution in [3.63, 3.8) is 0 Å². The maximum Gasteiger partial charge on any atom is 0.246 e. The molecule has 3 heterocycles. The van der Waals surface area contributed by atoms with Gasteiger partial charge in [0.05, 0.1) is 24.5 Å². The molecule has 0 radical (unpaired) electrons. The van der Waals surface area contributed by atoms with Gasteiger partial charge in [0.25, 0.3) is 0 Å². The molecule has 3 amide bonds. The number of fused-ring (bicyclic) bond motifs is 1. The van der Waals surface area contributed by atoms with Gasteiger partial charge in [0.15, 0.2) is 0 Å². The number of rotatable bonds is 4. The zero-order valence-corrected chi connectivity index (χ0v) is 14.7. The normalized spacial score (nSPS) is 37.7. The van der Waals surface area contributed by atoms with Crippen molar-refractivity contribution in [2.45, 2.75) is 49.5 Å². The summed E-state index contributed by atoms with van der Waals surface area (Å²) in [6.45, 7) is 0.0160. The Hall–Kier alpha value is -2.33. The summed E-state index contributed by atoms with van der Waals surface area (Å²) >= 11 is 0. The van der Waals surface area contributed by atoms with Crippen LogP contribution in [0.4, 0.5) is 0 Å². The molecule has 7 nitrogen and oxygen atoms in total. The largest absolute Gasteiger partial charge is 0.359 e. The summed E-state index contributed by atoms with van der Waals surface area (Å²) in [5.74, 6) is 0.332. The zero-order chi connectivity index (χ0) is 18.5. The first kappa shape index (κ1) is 17.1. The molecule has 3 aliphatic heterocycles. The molecule has 2 bridgehead atoms. The van der Waals surface area contributed by atoms with Crippen molar-refractivity contribution in [2.24, 2.45) is 11.8 Å². The van der Waals surface area contributed by atoms with Crippen LogP contribution >= 0.6 is 0 Å². The van der Waals surface area contributed by atoms with E-state index in [0.717, 1.165) is 25.7 Å². The lowest BCUT2D eigenvalue weighted by molar-refractivity contribution is -0.141. The van der Waals surface area contributed by atoms with Gasteiger partial charge in [-0.05, 0) is 12.8 Å². The van der Waals surface area contributed by atoms with Gasteiger partial charge in [0.2, 0.25) is 17.7 Å². The van der Waals surface area contributed by atoms with Crippen LogP contribution in [0.15, 0.2) is 12.2 Å². The molecular weight excluding hydrogens is 334 g/mol. The van der Waals surface area contributed by atoms with E-state index in [9.17, 15) is 14.4 Å². The predicted molar refractivity (Wildman–Crippen MR) is 92.5 cm³/mol. The smallest absolute Gasteiger partial charge is 0.246 e. The molecule has 26 heavy (non-hydrogen) atoms. The van der Waals surface area contributed by atoms with Crippen LogP contribution in [0.2, 0.25) is 0 Å². The van der Waals surface area contributed by atoms with Gasteiger partial charge in [0, 0.05) is 13.1 Å². The summed E-state index contributed by atoms with van der Waals surface area (Å²) in [6, 6.07) is -0.717. The van der Waals surface area contributed by atoms with Gasteiger partial charge in [-0.2, -0.15) is 0 Å². The van der Waals surface area contributed by atoms with Gasteiger partial charge >= 0.3 is 0 Å². The molecule has 138 valence electrons. The minimum Gasteiger partial charge on any atom is -0.359 e. The number of hydrogen-bond donors (Lipinski definition) is 2. The number of amides is 3. The Morgan fingerprint density at radius 3 is 2.77 bits per heavy atom. The topological polar surface area (TPSA) is 87.7 Å². The third-order valence-electron chi connectivity index (χ3n) is 6.13. The summed E-state index contributed by atoms with van der Waals surface area (Å²) in [4.78, 5) is 40.0. The van der Waals surface area contributed by atoms with Gasteiger partial charge in [-0.25, -0.2) is 0 Å². The van der Waals surface area contributed by atoms with E-state index in [1.54, 1.807) is 12.2 Å². The minimum atomic E-state index is -1.11. The zero-order valence-electron chi connectivity index (χ0n) is 14.7. The molecule has 4 rings (SSSR count). The van der Waals surface area contributed by atoms with Crippen molar-refractivity contribution < 1.29 is 19.1 Å². The average molecular weight is 357 g/mol. The van der Waals surface area contributed by atoms with Gasteiger partial charge in [-0.15, -0.1) is 6.42 Å². The van der Waals surface area contributed by atoms with Crippen LogP contribution in [0, 0.1) is 24.2 Å². The van der Waals surface area contributed by atoms with Gasteiger partial charge in [0.1, 0.15) is 11.6 Å². The molecule has 0 aromatic rings. The molecule has 2 saturated heterocycles. The molecule has 2 N–H and O–H groups in total. The Bertz CT molecular complexity index is 721. The number of carbonyl (C=O) groups is 3. The third-order valence-corrected chi connectivity index (χ3v) is 6.13. The van der Waals surface area contributed by atoms with E-state index >= 15 is 0 Å². The molecule has 0 aromatic heterocycles. The molecular formula is C19H23N3O4. The first-order valence-electron chi connectivity index (χ1n) is 9.16. The highest BCUT2D eigenvalue weighted by Gasteiger charge is 2.72. The van der Waals surface area contributed by atoms with Crippen LogP contribution in [0.1, 0.15) is 25.7 Å². The van der Waals surface area contributed by atoms with E-state index in [2.05, 4.69) is 16.6 Å². The summed E-state index contributed by atoms with van der Waals surface area (Å²) in [6.07, 6.45) is 12.6. The number of nitrogens with one attached hydrogen (secondary N) is 2. The third kappa shape index (κ3) is 2.21. The average Bonchev–Trinajstić information content (AvgIpc) is 3.37. The standard InChI is InChI=1S/C19H23N3O4/c1-3-10-22-15(17(24)21-11-6-4-5-7-11)19-9-8-12(26-19)13(16(23)20-2)14(19)18(22)25/h1,8-9,11-15H,4-7,10H2,2H3,(H,20,23)(H,21,24)/t12-,13+,14+,15-,19+/m1/s1. The molecule has 5 atom stereocenters. The fourth-order valence-corrected chi connectivity index (χ4v) is 5.05. The summed E-state index contributed by atoms with van der Waals surface area (Å²) in [5.41, 5.74) is -1.11. The number of terminal acetylenes is 1. The number of likely N-dealkylation sites (tertiary alicyclic amines) is 1. The highest BCUT2D eigenvalue weighted by molar-refractivity contribution is 6.00. The molecule has 4 aliphatic rings. The fraction of sp³-hybridized carbons (Fsp3) is 0.632. The van der Waals surface area contributed by atoms with Crippen LogP contribution in [0.5, 0.6) is 0 Å². The van der Waals surface area contributed by atoms with Gasteiger partial charge < -0.3 is 20.3 Å².